The van der Waals surface area contributed by atoms with Gasteiger partial charge >= 0.3 is 6.03 Å². The number of rotatable bonds is 6. The number of urea groups is 1. The molecule has 0 aliphatic heterocycles. The fourth-order valence-corrected chi connectivity index (χ4v) is 2.24. The molecule has 0 bridgehead atoms. The summed E-state index contributed by atoms with van der Waals surface area (Å²) < 4.78 is 0. The van der Waals surface area contributed by atoms with Gasteiger partial charge in [0.25, 0.3) is 0 Å². The van der Waals surface area contributed by atoms with E-state index in [4.69, 9.17) is 5.11 Å². The number of carbonyl (C=O) groups is 1. The van der Waals surface area contributed by atoms with Gasteiger partial charge in [-0.2, -0.15) is 0 Å². The molecule has 5 nitrogen and oxygen atoms in total. The van der Waals surface area contributed by atoms with Crippen molar-refractivity contribution in [1.29, 1.82) is 0 Å². The van der Waals surface area contributed by atoms with Crippen LogP contribution < -0.4 is 10.6 Å². The number of hydrogen-bond donors (Lipinski definition) is 3. The predicted molar refractivity (Wildman–Crippen MR) is 90.1 cm³/mol. The molecular weight excluding hydrogens is 290 g/mol. The van der Waals surface area contributed by atoms with Crippen molar-refractivity contribution in [2.45, 2.75) is 32.4 Å². The molecule has 2 atom stereocenters. The topological polar surface area (TPSA) is 74.2 Å². The molecule has 0 aliphatic rings. The Bertz CT molecular complexity index is 614. The SMILES string of the molecule is Cc1ccc(CC(NC(=O)NC(C)CO)c2ccccn2)cc1. The van der Waals surface area contributed by atoms with E-state index in [1.54, 1.807) is 13.1 Å². The summed E-state index contributed by atoms with van der Waals surface area (Å²) in [6.45, 7) is 3.69. The molecule has 0 saturated carbocycles. The summed E-state index contributed by atoms with van der Waals surface area (Å²) in [5.41, 5.74) is 3.13. The van der Waals surface area contributed by atoms with Gasteiger partial charge in [0.1, 0.15) is 0 Å². The summed E-state index contributed by atoms with van der Waals surface area (Å²) >= 11 is 0. The average molecular weight is 313 g/mol. The lowest BCUT2D eigenvalue weighted by molar-refractivity contribution is 0.217. The lowest BCUT2D eigenvalue weighted by Crippen LogP contribution is -2.44. The second kappa shape index (κ2) is 8.29. The predicted octanol–water partition coefficient (Wildman–Crippen LogP) is 2.35. The van der Waals surface area contributed by atoms with E-state index in [1.807, 2.05) is 25.1 Å². The van der Waals surface area contributed by atoms with Crippen LogP contribution >= 0.6 is 0 Å². The van der Waals surface area contributed by atoms with Gasteiger partial charge in [-0.05, 0) is 38.0 Å². The summed E-state index contributed by atoms with van der Waals surface area (Å²) in [5.74, 6) is 0. The number of nitrogens with one attached hydrogen (secondary N) is 2. The largest absolute Gasteiger partial charge is 0.394 e. The van der Waals surface area contributed by atoms with Crippen molar-refractivity contribution in [3.8, 4) is 0 Å². The molecule has 2 rings (SSSR count). The molecule has 1 aromatic heterocycles. The second-order valence-electron chi connectivity index (χ2n) is 5.70. The highest BCUT2D eigenvalue weighted by molar-refractivity contribution is 5.74. The third-order valence-corrected chi connectivity index (χ3v) is 3.56. The zero-order chi connectivity index (χ0) is 16.7. The Morgan fingerprint density at radius 2 is 1.91 bits per heavy atom. The maximum Gasteiger partial charge on any atom is 0.315 e. The number of aliphatic hydroxyl groups is 1. The Morgan fingerprint density at radius 3 is 2.52 bits per heavy atom. The molecule has 0 radical (unpaired) electrons. The first-order valence-corrected chi connectivity index (χ1v) is 7.73. The quantitative estimate of drug-likeness (QED) is 0.766. The van der Waals surface area contributed by atoms with Crippen molar-refractivity contribution in [2.24, 2.45) is 0 Å². The first-order valence-electron chi connectivity index (χ1n) is 7.73. The van der Waals surface area contributed by atoms with Gasteiger partial charge < -0.3 is 15.7 Å². The molecule has 2 aromatic rings. The van der Waals surface area contributed by atoms with Crippen molar-refractivity contribution in [1.82, 2.24) is 15.6 Å². The van der Waals surface area contributed by atoms with E-state index in [2.05, 4.69) is 39.9 Å². The summed E-state index contributed by atoms with van der Waals surface area (Å²) in [6, 6.07) is 13.0. The van der Waals surface area contributed by atoms with Crippen LogP contribution in [-0.2, 0) is 6.42 Å². The molecule has 23 heavy (non-hydrogen) atoms. The van der Waals surface area contributed by atoms with Gasteiger partial charge in [0.2, 0.25) is 0 Å². The number of amides is 2. The van der Waals surface area contributed by atoms with E-state index >= 15 is 0 Å². The average Bonchev–Trinajstić information content (AvgIpc) is 2.57. The standard InChI is InChI=1S/C18H23N3O2/c1-13-6-8-15(9-7-13)11-17(16-5-3-4-10-19-16)21-18(23)20-14(2)12-22/h3-10,14,17,22H,11-12H2,1-2H3,(H2,20,21,23). The van der Waals surface area contributed by atoms with E-state index in [0.29, 0.717) is 6.42 Å². The third-order valence-electron chi connectivity index (χ3n) is 3.56. The lowest BCUT2D eigenvalue weighted by atomic mass is 10.0. The summed E-state index contributed by atoms with van der Waals surface area (Å²) in [7, 11) is 0. The Hall–Kier alpha value is -2.40. The zero-order valence-electron chi connectivity index (χ0n) is 13.5. The maximum absolute atomic E-state index is 12.1. The van der Waals surface area contributed by atoms with Crippen LogP contribution in [0.15, 0.2) is 48.7 Å². The van der Waals surface area contributed by atoms with Crippen LogP contribution in [0.1, 0.15) is 29.8 Å². The molecule has 2 unspecified atom stereocenters. The number of aliphatic hydroxyl groups excluding tert-OH is 1. The van der Waals surface area contributed by atoms with E-state index in [9.17, 15) is 4.79 Å². The third kappa shape index (κ3) is 5.38. The van der Waals surface area contributed by atoms with E-state index < -0.39 is 0 Å². The number of nitrogens with zero attached hydrogens (tertiary/aromatic N) is 1. The zero-order valence-corrected chi connectivity index (χ0v) is 13.5. The number of hydrogen-bond acceptors (Lipinski definition) is 3. The van der Waals surface area contributed by atoms with Crippen molar-refractivity contribution < 1.29 is 9.90 Å². The second-order valence-corrected chi connectivity index (χ2v) is 5.70. The van der Waals surface area contributed by atoms with Crippen LogP contribution in [0.5, 0.6) is 0 Å². The first kappa shape index (κ1) is 17.0. The summed E-state index contributed by atoms with van der Waals surface area (Å²) in [4.78, 5) is 16.4. The van der Waals surface area contributed by atoms with Gasteiger partial charge in [-0.1, -0.05) is 35.9 Å². The molecule has 2 amide bonds. The Balaban J connectivity index is 2.12. The molecule has 122 valence electrons. The van der Waals surface area contributed by atoms with Gasteiger partial charge in [-0.15, -0.1) is 0 Å². The smallest absolute Gasteiger partial charge is 0.315 e. The van der Waals surface area contributed by atoms with Crippen molar-refractivity contribution in [3.63, 3.8) is 0 Å². The fourth-order valence-electron chi connectivity index (χ4n) is 2.24. The molecule has 0 aliphatic carbocycles. The first-order chi connectivity index (χ1) is 11.1. The van der Waals surface area contributed by atoms with E-state index in [0.717, 1.165) is 11.3 Å². The normalized spacial score (nSPS) is 13.2. The number of benzene rings is 1. The summed E-state index contributed by atoms with van der Waals surface area (Å²) in [5, 5.41) is 14.7. The molecule has 1 heterocycles. The highest BCUT2D eigenvalue weighted by Gasteiger charge is 2.17. The van der Waals surface area contributed by atoms with E-state index in [-0.39, 0.29) is 24.7 Å². The van der Waals surface area contributed by atoms with Crippen molar-refractivity contribution in [2.75, 3.05) is 6.61 Å². The number of aromatic nitrogens is 1. The molecule has 0 spiro atoms. The van der Waals surface area contributed by atoms with Gasteiger partial charge in [0.15, 0.2) is 0 Å². The van der Waals surface area contributed by atoms with E-state index in [1.165, 1.54) is 5.56 Å². The fraction of sp³-hybridized carbons (Fsp3) is 0.333. The molecule has 5 heteroatoms. The Kier molecular flexibility index (Phi) is 6.11. The molecular formula is C18H23N3O2. The van der Waals surface area contributed by atoms with Gasteiger partial charge in [-0.3, -0.25) is 4.98 Å². The van der Waals surface area contributed by atoms with Crippen LogP contribution in [0.25, 0.3) is 0 Å². The van der Waals surface area contributed by atoms with Crippen molar-refractivity contribution >= 4 is 6.03 Å². The number of pyridine rings is 1. The van der Waals surface area contributed by atoms with Crippen LogP contribution in [0.2, 0.25) is 0 Å². The molecule has 0 fully saturated rings. The van der Waals surface area contributed by atoms with Crippen LogP contribution in [-0.4, -0.2) is 28.8 Å². The monoisotopic (exact) mass is 313 g/mol. The van der Waals surface area contributed by atoms with Crippen molar-refractivity contribution in [3.05, 3.63) is 65.5 Å². The highest BCUT2D eigenvalue weighted by atomic mass is 16.3. The molecule has 1 aromatic carbocycles. The van der Waals surface area contributed by atoms with Crippen LogP contribution in [0.3, 0.4) is 0 Å². The molecule has 3 N–H and O–H groups in total. The number of carbonyl (C=O) groups excluding carboxylic acids is 1. The highest BCUT2D eigenvalue weighted by Crippen LogP contribution is 2.17. The van der Waals surface area contributed by atoms with Gasteiger partial charge in [0, 0.05) is 6.20 Å². The minimum absolute atomic E-state index is 0.0976. The van der Waals surface area contributed by atoms with Gasteiger partial charge in [-0.25, -0.2) is 4.79 Å². The van der Waals surface area contributed by atoms with Gasteiger partial charge in [0.05, 0.1) is 24.4 Å². The summed E-state index contributed by atoms with van der Waals surface area (Å²) in [6.07, 6.45) is 2.37. The van der Waals surface area contributed by atoms with Crippen LogP contribution in [0.4, 0.5) is 4.79 Å². The number of aryl methyl sites for hydroxylation is 1. The maximum atomic E-state index is 12.1. The minimum Gasteiger partial charge on any atom is -0.394 e. The Labute approximate surface area is 136 Å². The Morgan fingerprint density at radius 1 is 1.17 bits per heavy atom. The lowest BCUT2D eigenvalue weighted by Gasteiger charge is -2.20. The van der Waals surface area contributed by atoms with Crippen LogP contribution in [0, 0.1) is 6.92 Å². The minimum atomic E-state index is -0.311. The molecule has 0 saturated heterocycles.